The Hall–Kier alpha value is -5.69. The molecule has 0 amide bonds. The molecule has 56 heavy (non-hydrogen) atoms. The van der Waals surface area contributed by atoms with E-state index in [-0.39, 0.29) is 37.6 Å². The number of aliphatic hydroxyl groups excluding tert-OH is 3. The Labute approximate surface area is 325 Å². The molecule has 0 aliphatic carbocycles. The summed E-state index contributed by atoms with van der Waals surface area (Å²) in [5.41, 5.74) is -3.72. The average molecular weight is 797 g/mol. The summed E-state index contributed by atoms with van der Waals surface area (Å²) >= 11 is 0. The molecule has 0 atom stereocenters. The molecule has 312 valence electrons. The molecule has 18 heteroatoms. The summed E-state index contributed by atoms with van der Waals surface area (Å²) in [4.78, 5) is 80.8. The molecule has 3 N–H and O–H groups in total. The van der Waals surface area contributed by atoms with Crippen molar-refractivity contribution in [1.29, 1.82) is 0 Å². The van der Waals surface area contributed by atoms with E-state index >= 15 is 0 Å². The fourth-order valence-electron chi connectivity index (χ4n) is 3.37. The first kappa shape index (κ1) is 52.4. The predicted octanol–water partition coefficient (Wildman–Crippen LogP) is 0.810. The van der Waals surface area contributed by atoms with Gasteiger partial charge in [0.1, 0.15) is 46.2 Å². The Kier molecular flexibility index (Phi) is 26.0. The minimum atomic E-state index is -1.44. The molecule has 0 aromatic heterocycles. The van der Waals surface area contributed by atoms with Crippen molar-refractivity contribution in [2.24, 2.45) is 16.2 Å². The maximum absolute atomic E-state index is 11.7. The smallest absolute Gasteiger partial charge is 0.333 e. The zero-order chi connectivity index (χ0) is 43.4. The highest BCUT2D eigenvalue weighted by atomic mass is 16.6. The van der Waals surface area contributed by atoms with E-state index in [0.29, 0.717) is 0 Å². The van der Waals surface area contributed by atoms with Gasteiger partial charge >= 0.3 is 41.8 Å². The highest BCUT2D eigenvalue weighted by molar-refractivity contribution is 5.87. The summed E-state index contributed by atoms with van der Waals surface area (Å²) in [7, 11) is 0. The van der Waals surface area contributed by atoms with Crippen molar-refractivity contribution >= 4 is 41.8 Å². The largest absolute Gasteiger partial charge is 0.462 e. The highest BCUT2D eigenvalue weighted by Crippen LogP contribution is 2.25. The summed E-state index contributed by atoms with van der Waals surface area (Å²) in [5.74, 6) is -5.32. The molecule has 0 bridgehead atoms. The van der Waals surface area contributed by atoms with Gasteiger partial charge in [-0.05, 0) is 13.8 Å². The normalized spacial score (nSPS) is 10.7. The van der Waals surface area contributed by atoms with Gasteiger partial charge < -0.3 is 53.2 Å². The number of ether oxygens (including phenoxy) is 8. The van der Waals surface area contributed by atoms with Gasteiger partial charge in [0.05, 0.1) is 49.3 Å². The minimum Gasteiger partial charge on any atom is -0.462 e. The van der Waals surface area contributed by atoms with Crippen LogP contribution in [0, 0.1) is 16.2 Å². The zero-order valence-corrected chi connectivity index (χ0v) is 31.8. The lowest BCUT2D eigenvalue weighted by atomic mass is 9.90. The maximum atomic E-state index is 11.7. The predicted molar refractivity (Wildman–Crippen MR) is 197 cm³/mol. The number of hydrogen-bond acceptors (Lipinski definition) is 18. The minimum absolute atomic E-state index is 0.198. The van der Waals surface area contributed by atoms with E-state index < -0.39 is 111 Å². The first-order chi connectivity index (χ1) is 26.3. The van der Waals surface area contributed by atoms with E-state index in [1.54, 1.807) is 0 Å². The Morgan fingerprint density at radius 3 is 0.875 bits per heavy atom. The summed E-state index contributed by atoms with van der Waals surface area (Å²) in [6, 6.07) is 0. The Bertz CT molecular complexity index is 1320. The lowest BCUT2D eigenvalue weighted by Crippen LogP contribution is -2.46. The lowest BCUT2D eigenvalue weighted by Gasteiger charge is -2.34. The number of rotatable bonds is 28. The van der Waals surface area contributed by atoms with E-state index in [1.165, 1.54) is 13.8 Å². The SMILES string of the molecule is C=C(C)C(=O)OCC(CO)(CO)COC(=O)C(=C)C.C=CC(=O)OCC(CO)(COCC(COC(=O)C=C)(COC(=O)C=C)COC(=O)C=C)COC(=O)C=C. The Morgan fingerprint density at radius 2 is 0.643 bits per heavy atom. The number of carbonyl (C=O) groups is 7. The van der Waals surface area contributed by atoms with Gasteiger partial charge in [0.15, 0.2) is 0 Å². The molecule has 0 saturated heterocycles. The maximum Gasteiger partial charge on any atom is 0.333 e. The molecular formula is C38H52O18. The molecule has 0 aromatic rings. The van der Waals surface area contributed by atoms with Crippen LogP contribution in [0.2, 0.25) is 0 Å². The van der Waals surface area contributed by atoms with Gasteiger partial charge in [0, 0.05) is 41.5 Å². The topological polar surface area (TPSA) is 254 Å². The summed E-state index contributed by atoms with van der Waals surface area (Å²) < 4.78 is 40.8. The third-order valence-corrected chi connectivity index (χ3v) is 6.97. The molecule has 0 heterocycles. The van der Waals surface area contributed by atoms with Crippen molar-refractivity contribution in [3.8, 4) is 0 Å². The van der Waals surface area contributed by atoms with E-state index in [1.807, 2.05) is 0 Å². The number of aliphatic hydroxyl groups is 3. The molecule has 0 spiro atoms. The van der Waals surface area contributed by atoms with Crippen molar-refractivity contribution in [2.45, 2.75) is 13.8 Å². The van der Waals surface area contributed by atoms with Gasteiger partial charge in [-0.15, -0.1) is 0 Å². The fourth-order valence-corrected chi connectivity index (χ4v) is 3.37. The number of hydrogen-bond donors (Lipinski definition) is 3. The summed E-state index contributed by atoms with van der Waals surface area (Å²) in [5, 5.41) is 28.6. The molecule has 0 saturated carbocycles. The van der Waals surface area contributed by atoms with Gasteiger partial charge in [-0.25, -0.2) is 33.6 Å². The van der Waals surface area contributed by atoms with Crippen LogP contribution in [-0.4, -0.2) is 136 Å². The molecule has 0 aromatic carbocycles. The second kappa shape index (κ2) is 27.8. The second-order valence-electron chi connectivity index (χ2n) is 12.2. The van der Waals surface area contributed by atoms with Gasteiger partial charge in [0.25, 0.3) is 0 Å². The molecule has 0 aliphatic heterocycles. The third-order valence-electron chi connectivity index (χ3n) is 6.97. The zero-order valence-electron chi connectivity index (χ0n) is 31.8. The van der Waals surface area contributed by atoms with Crippen LogP contribution in [0.1, 0.15) is 13.8 Å². The van der Waals surface area contributed by atoms with E-state index in [9.17, 15) is 48.9 Å². The fraction of sp³-hybridized carbons (Fsp3) is 0.447. The molecule has 18 nitrogen and oxygen atoms in total. The quantitative estimate of drug-likeness (QED) is 0.0562. The molecule has 0 radical (unpaired) electrons. The van der Waals surface area contributed by atoms with Gasteiger partial charge in [-0.3, -0.25) is 0 Å². The van der Waals surface area contributed by atoms with E-state index in [0.717, 1.165) is 30.4 Å². The Balaban J connectivity index is 0. The molecule has 0 fully saturated rings. The van der Waals surface area contributed by atoms with Crippen molar-refractivity contribution in [1.82, 2.24) is 0 Å². The molecular weight excluding hydrogens is 744 g/mol. The average Bonchev–Trinajstić information content (AvgIpc) is 3.21. The first-order valence-corrected chi connectivity index (χ1v) is 16.3. The van der Waals surface area contributed by atoms with Crippen molar-refractivity contribution in [3.63, 3.8) is 0 Å². The van der Waals surface area contributed by atoms with Crippen LogP contribution in [0.5, 0.6) is 0 Å². The van der Waals surface area contributed by atoms with Crippen molar-refractivity contribution in [3.05, 3.63) is 87.6 Å². The van der Waals surface area contributed by atoms with Gasteiger partial charge in [-0.2, -0.15) is 0 Å². The van der Waals surface area contributed by atoms with Crippen LogP contribution in [-0.2, 0) is 71.5 Å². The third kappa shape index (κ3) is 21.3. The van der Waals surface area contributed by atoms with Crippen LogP contribution in [0.25, 0.3) is 0 Å². The van der Waals surface area contributed by atoms with Crippen LogP contribution in [0.15, 0.2) is 87.6 Å². The second-order valence-corrected chi connectivity index (χ2v) is 12.2. The molecule has 0 aliphatic rings. The van der Waals surface area contributed by atoms with Crippen LogP contribution >= 0.6 is 0 Å². The molecule has 0 rings (SSSR count). The first-order valence-electron chi connectivity index (χ1n) is 16.3. The summed E-state index contributed by atoms with van der Waals surface area (Å²) in [6.07, 6.45) is 4.50. The highest BCUT2D eigenvalue weighted by Gasteiger charge is 2.39. The van der Waals surface area contributed by atoms with Crippen molar-refractivity contribution in [2.75, 3.05) is 79.3 Å². The van der Waals surface area contributed by atoms with Crippen LogP contribution in [0.4, 0.5) is 0 Å². The van der Waals surface area contributed by atoms with Crippen molar-refractivity contribution < 1.29 is 86.8 Å². The van der Waals surface area contributed by atoms with Crippen LogP contribution in [0.3, 0.4) is 0 Å². The van der Waals surface area contributed by atoms with E-state index in [2.05, 4.69) is 46.1 Å². The van der Waals surface area contributed by atoms with Crippen LogP contribution < -0.4 is 0 Å². The lowest BCUT2D eigenvalue weighted by molar-refractivity contribution is -0.167. The Morgan fingerprint density at radius 1 is 0.411 bits per heavy atom. The van der Waals surface area contributed by atoms with Gasteiger partial charge in [-0.1, -0.05) is 46.1 Å². The standard InChI is InChI=1S/C25H32O12.C13H20O6/c1-6-19(27)33-14-24(11-26,15-34-20(28)7-2)12-32-13-25(16-35-21(29)8-3,17-36-22(30)9-4)18-37-23(31)10-5;1-9(2)11(16)18-7-13(5-14,6-15)8-19-12(17)10(3)4/h6-10,26H,1-5,11-18H2;14-15H,1,3,5-8H2,2,4H3. The number of esters is 7. The molecule has 0 unspecified atom stereocenters. The number of carbonyl (C=O) groups excluding carboxylic acids is 7. The monoisotopic (exact) mass is 796 g/mol. The van der Waals surface area contributed by atoms with E-state index in [4.69, 9.17) is 37.9 Å². The van der Waals surface area contributed by atoms with Gasteiger partial charge in [0.2, 0.25) is 0 Å². The summed E-state index contributed by atoms with van der Waals surface area (Å²) in [6.45, 7) is 21.0.